The second-order valence-electron chi connectivity index (χ2n) is 5.84. The van der Waals surface area contributed by atoms with Gasteiger partial charge >= 0.3 is 0 Å². The molecular weight excluding hydrogens is 290 g/mol. The second kappa shape index (κ2) is 5.53. The summed E-state index contributed by atoms with van der Waals surface area (Å²) >= 11 is 0. The van der Waals surface area contributed by atoms with E-state index in [2.05, 4.69) is 9.97 Å². The molecule has 1 aliphatic heterocycles. The fourth-order valence-corrected chi connectivity index (χ4v) is 5.16. The Labute approximate surface area is 125 Å². The van der Waals surface area contributed by atoms with Crippen LogP contribution in [0.2, 0.25) is 0 Å². The number of nitrogens with zero attached hydrogens (tertiary/aromatic N) is 2. The molecule has 116 valence electrons. The molecule has 2 aliphatic rings. The van der Waals surface area contributed by atoms with E-state index in [0.29, 0.717) is 25.2 Å². The van der Waals surface area contributed by atoms with Crippen molar-refractivity contribution in [1.29, 1.82) is 0 Å². The molecule has 7 heteroatoms. The van der Waals surface area contributed by atoms with Gasteiger partial charge in [-0.1, -0.05) is 6.92 Å². The normalized spacial score (nSPS) is 27.6. The van der Waals surface area contributed by atoms with E-state index in [1.807, 2.05) is 6.92 Å². The molecule has 1 saturated carbocycles. The summed E-state index contributed by atoms with van der Waals surface area (Å²) in [6.45, 7) is 2.42. The van der Waals surface area contributed by atoms with Crippen LogP contribution < -0.4 is 0 Å². The Morgan fingerprint density at radius 3 is 2.81 bits per heavy atom. The van der Waals surface area contributed by atoms with E-state index >= 15 is 0 Å². The van der Waals surface area contributed by atoms with Gasteiger partial charge in [-0.05, 0) is 25.7 Å². The molecule has 1 aromatic heterocycles. The summed E-state index contributed by atoms with van der Waals surface area (Å²) in [5, 5.41) is 0.150. The Kier molecular flexibility index (Phi) is 3.88. The van der Waals surface area contributed by atoms with Gasteiger partial charge in [-0.15, -0.1) is 0 Å². The maximum atomic E-state index is 12.8. The molecular formula is C14H21N3O3S. The highest BCUT2D eigenvalue weighted by molar-refractivity contribution is 7.89. The maximum Gasteiger partial charge on any atom is 0.260 e. The Hall–Kier alpha value is -1.21. The monoisotopic (exact) mass is 311 g/mol. The van der Waals surface area contributed by atoms with Gasteiger partial charge in [-0.25, -0.2) is 13.4 Å². The van der Waals surface area contributed by atoms with Gasteiger partial charge < -0.3 is 4.98 Å². The number of hydrogen-bond acceptors (Lipinski definition) is 4. The number of nitrogens with one attached hydrogen (secondary N) is 1. The fourth-order valence-electron chi connectivity index (χ4n) is 3.50. The van der Waals surface area contributed by atoms with Crippen LogP contribution in [0, 0.1) is 5.92 Å². The van der Waals surface area contributed by atoms with Gasteiger partial charge in [0.05, 0.1) is 6.20 Å². The number of sulfonamides is 1. The van der Waals surface area contributed by atoms with Crippen LogP contribution in [0.4, 0.5) is 0 Å². The van der Waals surface area contributed by atoms with E-state index in [-0.39, 0.29) is 22.8 Å². The number of rotatable bonds is 4. The van der Waals surface area contributed by atoms with Crippen LogP contribution in [0.1, 0.15) is 44.9 Å². The van der Waals surface area contributed by atoms with Crippen molar-refractivity contribution in [3.05, 3.63) is 12.0 Å². The SMILES string of the molecule is CCc1ncc(S(=O)(=O)N2CCCC2C2CCCC2=O)[nH]1. The number of H-pyrrole nitrogens is 1. The van der Waals surface area contributed by atoms with Crippen molar-refractivity contribution >= 4 is 15.8 Å². The average molecular weight is 311 g/mol. The van der Waals surface area contributed by atoms with Crippen molar-refractivity contribution in [3.8, 4) is 0 Å². The molecule has 0 radical (unpaired) electrons. The van der Waals surface area contributed by atoms with Crippen LogP contribution in [0.5, 0.6) is 0 Å². The molecule has 2 atom stereocenters. The number of Topliss-reactive ketones (excluding diaryl/α,β-unsaturated/α-hetero) is 1. The molecule has 2 heterocycles. The highest BCUT2D eigenvalue weighted by Gasteiger charge is 2.43. The lowest BCUT2D eigenvalue weighted by Gasteiger charge is -2.27. The molecule has 0 spiro atoms. The molecule has 0 aromatic carbocycles. The first-order valence-electron chi connectivity index (χ1n) is 7.62. The summed E-state index contributed by atoms with van der Waals surface area (Å²) < 4.78 is 27.1. The third-order valence-corrected chi connectivity index (χ3v) is 6.43. The quantitative estimate of drug-likeness (QED) is 0.913. The summed E-state index contributed by atoms with van der Waals surface area (Å²) in [4.78, 5) is 18.9. The fraction of sp³-hybridized carbons (Fsp3) is 0.714. The van der Waals surface area contributed by atoms with Crippen LogP contribution in [0.15, 0.2) is 11.2 Å². The predicted molar refractivity (Wildman–Crippen MR) is 77.2 cm³/mol. The van der Waals surface area contributed by atoms with E-state index in [1.165, 1.54) is 10.5 Å². The Bertz CT molecular complexity index is 638. The van der Waals surface area contributed by atoms with Gasteiger partial charge in [-0.3, -0.25) is 4.79 Å². The Balaban J connectivity index is 1.88. The van der Waals surface area contributed by atoms with Gasteiger partial charge in [0.25, 0.3) is 10.0 Å². The minimum atomic E-state index is -3.57. The molecule has 0 bridgehead atoms. The molecule has 2 unspecified atom stereocenters. The van der Waals surface area contributed by atoms with Crippen LogP contribution in [-0.4, -0.2) is 41.1 Å². The van der Waals surface area contributed by atoms with Crippen molar-refractivity contribution in [3.63, 3.8) is 0 Å². The van der Waals surface area contributed by atoms with E-state index in [4.69, 9.17) is 0 Å². The Morgan fingerprint density at radius 1 is 1.38 bits per heavy atom. The lowest BCUT2D eigenvalue weighted by molar-refractivity contribution is -0.121. The molecule has 21 heavy (non-hydrogen) atoms. The minimum Gasteiger partial charge on any atom is -0.332 e. The lowest BCUT2D eigenvalue weighted by atomic mass is 9.96. The van der Waals surface area contributed by atoms with Gasteiger partial charge in [0.1, 0.15) is 11.6 Å². The van der Waals surface area contributed by atoms with E-state index in [1.54, 1.807) is 0 Å². The first-order chi connectivity index (χ1) is 10.0. The highest BCUT2D eigenvalue weighted by Crippen LogP contribution is 2.36. The van der Waals surface area contributed by atoms with Gasteiger partial charge in [0.15, 0.2) is 5.03 Å². The molecule has 1 aliphatic carbocycles. The number of ketones is 1. The number of hydrogen-bond donors (Lipinski definition) is 1. The lowest BCUT2D eigenvalue weighted by Crippen LogP contribution is -2.41. The van der Waals surface area contributed by atoms with Crippen molar-refractivity contribution in [2.75, 3.05) is 6.54 Å². The summed E-state index contributed by atoms with van der Waals surface area (Å²) in [7, 11) is -3.57. The zero-order chi connectivity index (χ0) is 15.0. The molecule has 1 aromatic rings. The van der Waals surface area contributed by atoms with Crippen molar-refractivity contribution in [1.82, 2.24) is 14.3 Å². The first kappa shape index (κ1) is 14.7. The highest BCUT2D eigenvalue weighted by atomic mass is 32.2. The number of aromatic amines is 1. The van der Waals surface area contributed by atoms with Crippen molar-refractivity contribution in [2.45, 2.75) is 56.5 Å². The van der Waals surface area contributed by atoms with Crippen LogP contribution in [0.3, 0.4) is 0 Å². The number of carbonyl (C=O) groups excluding carboxylic acids is 1. The summed E-state index contributed by atoms with van der Waals surface area (Å²) in [6.07, 6.45) is 5.96. The molecule has 6 nitrogen and oxygen atoms in total. The number of imidazole rings is 1. The minimum absolute atomic E-state index is 0.115. The van der Waals surface area contributed by atoms with E-state index < -0.39 is 10.0 Å². The molecule has 1 saturated heterocycles. The third-order valence-electron chi connectivity index (χ3n) is 4.59. The van der Waals surface area contributed by atoms with E-state index in [0.717, 1.165) is 25.7 Å². The van der Waals surface area contributed by atoms with Gasteiger partial charge in [0, 0.05) is 31.3 Å². The molecule has 3 rings (SSSR count). The van der Waals surface area contributed by atoms with Gasteiger partial charge in [-0.2, -0.15) is 4.31 Å². The Morgan fingerprint density at radius 2 is 2.19 bits per heavy atom. The van der Waals surface area contributed by atoms with Crippen LogP contribution in [0.25, 0.3) is 0 Å². The zero-order valence-corrected chi connectivity index (χ0v) is 13.0. The largest absolute Gasteiger partial charge is 0.332 e. The molecule has 0 amide bonds. The number of aromatic nitrogens is 2. The second-order valence-corrected chi connectivity index (χ2v) is 7.70. The van der Waals surface area contributed by atoms with Crippen molar-refractivity contribution < 1.29 is 13.2 Å². The van der Waals surface area contributed by atoms with Crippen LogP contribution in [-0.2, 0) is 21.2 Å². The summed E-state index contributed by atoms with van der Waals surface area (Å²) in [6, 6.07) is -0.168. The first-order valence-corrected chi connectivity index (χ1v) is 9.06. The number of aryl methyl sites for hydroxylation is 1. The molecule has 2 fully saturated rings. The smallest absolute Gasteiger partial charge is 0.260 e. The summed E-state index contributed by atoms with van der Waals surface area (Å²) in [5.74, 6) is 0.776. The van der Waals surface area contributed by atoms with Crippen LogP contribution >= 0.6 is 0 Å². The topological polar surface area (TPSA) is 83.1 Å². The standard InChI is InChI=1S/C14H21N3O3S/c1-2-13-15-9-14(16-13)21(19,20)17-8-4-6-11(17)10-5-3-7-12(10)18/h9-11H,2-8H2,1H3,(H,15,16). The molecule has 1 N–H and O–H groups in total. The zero-order valence-electron chi connectivity index (χ0n) is 12.2. The van der Waals surface area contributed by atoms with Gasteiger partial charge in [0.2, 0.25) is 0 Å². The number of carbonyl (C=O) groups is 1. The predicted octanol–water partition coefficient (Wildman–Crippen LogP) is 1.49. The third kappa shape index (κ3) is 2.53. The van der Waals surface area contributed by atoms with E-state index in [9.17, 15) is 13.2 Å². The average Bonchev–Trinajstić information content (AvgIpc) is 3.18. The summed E-state index contributed by atoms with van der Waals surface area (Å²) in [5.41, 5.74) is 0. The maximum absolute atomic E-state index is 12.8. The van der Waals surface area contributed by atoms with Crippen molar-refractivity contribution in [2.24, 2.45) is 5.92 Å².